The van der Waals surface area contributed by atoms with Gasteiger partial charge in [-0.15, -0.1) is 0 Å². The van der Waals surface area contributed by atoms with E-state index < -0.39 is 0 Å². The average Bonchev–Trinajstić information content (AvgIpc) is 3.02. The minimum absolute atomic E-state index is 0.519. The van der Waals surface area contributed by atoms with E-state index >= 15 is 0 Å². The van der Waals surface area contributed by atoms with Crippen molar-refractivity contribution in [3.63, 3.8) is 0 Å². The smallest absolute Gasteiger partial charge is 0.150 e. The summed E-state index contributed by atoms with van der Waals surface area (Å²) in [5.74, 6) is 0. The number of ether oxygens (including phenoxy) is 3. The van der Waals surface area contributed by atoms with Crippen LogP contribution in [0.25, 0.3) is 21.8 Å². The standard InChI is InChI=1S/C21H23NO5/c1-25-8-9-27-11-10-26-7-6-22-20-4-2-16(14-23)12-18(20)19-13-17(15-24)3-5-21(19)22/h2-5,12-15H,6-11H2,1H3. The topological polar surface area (TPSA) is 66.8 Å². The lowest BCUT2D eigenvalue weighted by atomic mass is 10.1. The minimum Gasteiger partial charge on any atom is -0.382 e. The van der Waals surface area contributed by atoms with Gasteiger partial charge in [-0.3, -0.25) is 9.59 Å². The molecule has 1 aromatic heterocycles. The summed E-state index contributed by atoms with van der Waals surface area (Å²) in [6.45, 7) is 3.39. The van der Waals surface area contributed by atoms with E-state index in [-0.39, 0.29) is 0 Å². The molecular formula is C21H23NO5. The highest BCUT2D eigenvalue weighted by molar-refractivity contribution is 6.10. The van der Waals surface area contributed by atoms with E-state index in [1.165, 1.54) is 0 Å². The molecule has 0 N–H and O–H groups in total. The lowest BCUT2D eigenvalue weighted by Crippen LogP contribution is -2.11. The van der Waals surface area contributed by atoms with Crippen molar-refractivity contribution < 1.29 is 23.8 Å². The summed E-state index contributed by atoms with van der Waals surface area (Å²) < 4.78 is 18.1. The van der Waals surface area contributed by atoms with Crippen molar-refractivity contribution in [2.45, 2.75) is 6.54 Å². The maximum atomic E-state index is 11.2. The van der Waals surface area contributed by atoms with E-state index in [2.05, 4.69) is 4.57 Å². The summed E-state index contributed by atoms with van der Waals surface area (Å²) in [7, 11) is 1.64. The van der Waals surface area contributed by atoms with Gasteiger partial charge in [-0.1, -0.05) is 0 Å². The second-order valence-corrected chi connectivity index (χ2v) is 6.16. The number of aromatic nitrogens is 1. The van der Waals surface area contributed by atoms with Gasteiger partial charge in [-0.05, 0) is 36.4 Å². The fourth-order valence-electron chi connectivity index (χ4n) is 3.15. The van der Waals surface area contributed by atoms with Gasteiger partial charge in [0, 0.05) is 46.6 Å². The molecule has 3 rings (SSSR count). The molecule has 0 aliphatic rings. The number of carbonyl (C=O) groups excluding carboxylic acids is 2. The minimum atomic E-state index is 0.519. The van der Waals surface area contributed by atoms with Crippen LogP contribution in [0.5, 0.6) is 0 Å². The summed E-state index contributed by atoms with van der Waals surface area (Å²) in [5, 5.41) is 1.92. The molecule has 0 fully saturated rings. The summed E-state index contributed by atoms with van der Waals surface area (Å²) in [4.78, 5) is 22.3. The fraction of sp³-hybridized carbons (Fsp3) is 0.333. The van der Waals surface area contributed by atoms with Crippen LogP contribution in [0.1, 0.15) is 20.7 Å². The third-order valence-corrected chi connectivity index (χ3v) is 4.45. The highest BCUT2D eigenvalue weighted by Crippen LogP contribution is 2.30. The Morgan fingerprint density at radius 1 is 0.778 bits per heavy atom. The molecule has 2 aromatic carbocycles. The van der Waals surface area contributed by atoms with Gasteiger partial charge >= 0.3 is 0 Å². The van der Waals surface area contributed by atoms with E-state index in [1.807, 2.05) is 24.3 Å². The molecule has 0 atom stereocenters. The highest BCUT2D eigenvalue weighted by atomic mass is 16.5. The lowest BCUT2D eigenvalue weighted by molar-refractivity contribution is 0.0234. The third-order valence-electron chi connectivity index (χ3n) is 4.45. The summed E-state index contributed by atoms with van der Waals surface area (Å²) in [5.41, 5.74) is 3.25. The molecule has 6 heteroatoms. The maximum Gasteiger partial charge on any atom is 0.150 e. The highest BCUT2D eigenvalue weighted by Gasteiger charge is 2.12. The largest absolute Gasteiger partial charge is 0.382 e. The Hall–Kier alpha value is -2.54. The van der Waals surface area contributed by atoms with Gasteiger partial charge in [0.2, 0.25) is 0 Å². The Bertz CT molecular complexity index is 866. The van der Waals surface area contributed by atoms with Crippen molar-refractivity contribution in [2.75, 3.05) is 40.1 Å². The number of rotatable bonds is 11. The second-order valence-electron chi connectivity index (χ2n) is 6.16. The maximum absolute atomic E-state index is 11.2. The molecule has 0 spiro atoms. The summed E-state index contributed by atoms with van der Waals surface area (Å²) >= 11 is 0. The molecule has 0 bridgehead atoms. The molecule has 142 valence electrons. The van der Waals surface area contributed by atoms with Gasteiger partial charge in [0.15, 0.2) is 0 Å². The zero-order valence-corrected chi connectivity index (χ0v) is 15.3. The number of methoxy groups -OCH3 is 1. The van der Waals surface area contributed by atoms with E-state index in [9.17, 15) is 9.59 Å². The predicted molar refractivity (Wildman–Crippen MR) is 104 cm³/mol. The van der Waals surface area contributed by atoms with Crippen molar-refractivity contribution in [3.8, 4) is 0 Å². The van der Waals surface area contributed by atoms with Gasteiger partial charge in [-0.2, -0.15) is 0 Å². The van der Waals surface area contributed by atoms with Crippen LogP contribution in [-0.2, 0) is 20.8 Å². The van der Waals surface area contributed by atoms with Crippen molar-refractivity contribution >= 4 is 34.4 Å². The normalized spacial score (nSPS) is 11.3. The zero-order valence-electron chi connectivity index (χ0n) is 15.3. The summed E-state index contributed by atoms with van der Waals surface area (Å²) in [6.07, 6.45) is 1.66. The Balaban J connectivity index is 1.77. The zero-order chi connectivity index (χ0) is 19.1. The molecule has 0 aliphatic heterocycles. The molecule has 0 radical (unpaired) electrons. The van der Waals surface area contributed by atoms with Crippen molar-refractivity contribution in [3.05, 3.63) is 47.5 Å². The Kier molecular flexibility index (Phi) is 6.70. The van der Waals surface area contributed by atoms with Crippen LogP contribution in [-0.4, -0.2) is 57.3 Å². The number of carbonyl (C=O) groups is 2. The fourth-order valence-corrected chi connectivity index (χ4v) is 3.15. The van der Waals surface area contributed by atoms with Gasteiger partial charge in [0.05, 0.1) is 33.0 Å². The van der Waals surface area contributed by atoms with Gasteiger partial charge in [0.1, 0.15) is 12.6 Å². The van der Waals surface area contributed by atoms with Crippen LogP contribution in [0.4, 0.5) is 0 Å². The Morgan fingerprint density at radius 3 is 1.81 bits per heavy atom. The van der Waals surface area contributed by atoms with E-state index in [4.69, 9.17) is 14.2 Å². The number of aldehydes is 2. The molecule has 3 aromatic rings. The first kappa shape index (κ1) is 19.2. The SMILES string of the molecule is COCCOCCOCCn1c2ccc(C=O)cc2c2cc(C=O)ccc21. The first-order valence-electron chi connectivity index (χ1n) is 8.89. The molecule has 0 amide bonds. The number of hydrogen-bond acceptors (Lipinski definition) is 5. The van der Waals surface area contributed by atoms with Crippen LogP contribution in [0, 0.1) is 0 Å². The number of fused-ring (bicyclic) bond motifs is 3. The number of nitrogens with zero attached hydrogens (tertiary/aromatic N) is 1. The van der Waals surface area contributed by atoms with E-state index in [0.29, 0.717) is 50.7 Å². The van der Waals surface area contributed by atoms with Gasteiger partial charge in [0.25, 0.3) is 0 Å². The molecule has 1 heterocycles. The Morgan fingerprint density at radius 2 is 1.30 bits per heavy atom. The van der Waals surface area contributed by atoms with Crippen LogP contribution in [0.15, 0.2) is 36.4 Å². The Labute approximate surface area is 157 Å². The molecule has 0 saturated heterocycles. The average molecular weight is 369 g/mol. The monoisotopic (exact) mass is 369 g/mol. The van der Waals surface area contributed by atoms with Crippen LogP contribution < -0.4 is 0 Å². The van der Waals surface area contributed by atoms with Gasteiger partial charge < -0.3 is 18.8 Å². The first-order valence-corrected chi connectivity index (χ1v) is 8.89. The van der Waals surface area contributed by atoms with Crippen molar-refractivity contribution in [2.24, 2.45) is 0 Å². The quantitative estimate of drug-likeness (QED) is 0.384. The third kappa shape index (κ3) is 4.42. The van der Waals surface area contributed by atoms with Crippen LogP contribution >= 0.6 is 0 Å². The molecular weight excluding hydrogens is 346 g/mol. The van der Waals surface area contributed by atoms with Gasteiger partial charge in [-0.25, -0.2) is 0 Å². The summed E-state index contributed by atoms with van der Waals surface area (Å²) in [6, 6.07) is 11.2. The van der Waals surface area contributed by atoms with Crippen molar-refractivity contribution in [1.82, 2.24) is 4.57 Å². The molecule has 6 nitrogen and oxygen atoms in total. The number of hydrogen-bond donors (Lipinski definition) is 0. The van der Waals surface area contributed by atoms with Crippen LogP contribution in [0.2, 0.25) is 0 Å². The predicted octanol–water partition coefficient (Wildman–Crippen LogP) is 3.10. The molecule has 0 aliphatic carbocycles. The van der Waals surface area contributed by atoms with Crippen molar-refractivity contribution in [1.29, 1.82) is 0 Å². The molecule has 27 heavy (non-hydrogen) atoms. The molecule has 0 saturated carbocycles. The lowest BCUT2D eigenvalue weighted by Gasteiger charge is -2.09. The van der Waals surface area contributed by atoms with E-state index in [1.54, 1.807) is 19.2 Å². The van der Waals surface area contributed by atoms with E-state index in [0.717, 1.165) is 34.4 Å². The van der Waals surface area contributed by atoms with Crippen LogP contribution in [0.3, 0.4) is 0 Å². The number of benzene rings is 2. The molecule has 0 unspecified atom stereocenters. The second kappa shape index (κ2) is 9.41. The first-order chi connectivity index (χ1) is 13.3.